The molecule has 0 radical (unpaired) electrons. The monoisotopic (exact) mass is 224 g/mol. The van der Waals surface area contributed by atoms with E-state index in [2.05, 4.69) is 4.74 Å². The zero-order valence-corrected chi connectivity index (χ0v) is 7.55. The molecule has 0 aromatic carbocycles. The number of aliphatic hydroxyl groups excluding tert-OH is 4. The van der Waals surface area contributed by atoms with Crippen molar-refractivity contribution in [3.8, 4) is 0 Å². The fourth-order valence-corrected chi connectivity index (χ4v) is 1.26. The van der Waals surface area contributed by atoms with E-state index in [9.17, 15) is 20.1 Å². The summed E-state index contributed by atoms with van der Waals surface area (Å²) >= 11 is 0. The predicted octanol–water partition coefficient (Wildman–Crippen LogP) is -2.52. The Hall–Kier alpha value is -0.930. The summed E-state index contributed by atoms with van der Waals surface area (Å²) in [4.78, 5) is 10.2. The van der Waals surface area contributed by atoms with Crippen molar-refractivity contribution in [1.29, 1.82) is 0 Å². The van der Waals surface area contributed by atoms with Crippen LogP contribution in [0.15, 0.2) is 0 Å². The van der Waals surface area contributed by atoms with Crippen LogP contribution in [0.1, 0.15) is 0 Å². The molecule has 5 atom stereocenters. The number of aliphatic hydroxyl groups is 4. The second-order valence-corrected chi connectivity index (χ2v) is 3.08. The van der Waals surface area contributed by atoms with Gasteiger partial charge in [-0.3, -0.25) is 0 Å². The van der Waals surface area contributed by atoms with Gasteiger partial charge < -0.3 is 35.0 Å². The zero-order valence-electron chi connectivity index (χ0n) is 7.55. The molecule has 88 valence electrons. The average molecular weight is 224 g/mol. The van der Waals surface area contributed by atoms with Crippen LogP contribution in [0.4, 0.5) is 4.79 Å². The standard InChI is InChI=1S/C7H12O8/c8-1-2-3(9)4(10)5(11)6(14-2)15-7(12)13/h2-6,8-11H,1H2,(H,12,13)/t2-,3+,4+,5-,6+/m1/s1. The zero-order chi connectivity index (χ0) is 11.6. The van der Waals surface area contributed by atoms with Crippen LogP contribution in [0.5, 0.6) is 0 Å². The molecular formula is C7H12O8. The molecule has 1 saturated heterocycles. The minimum Gasteiger partial charge on any atom is -0.450 e. The molecule has 0 amide bonds. The molecule has 1 rings (SSSR count). The molecule has 0 aliphatic carbocycles. The van der Waals surface area contributed by atoms with Crippen molar-refractivity contribution in [2.75, 3.05) is 6.61 Å². The summed E-state index contributed by atoms with van der Waals surface area (Å²) < 4.78 is 8.84. The quantitative estimate of drug-likeness (QED) is 0.324. The normalized spacial score (nSPS) is 41.2. The number of hydrogen-bond donors (Lipinski definition) is 5. The molecule has 15 heavy (non-hydrogen) atoms. The molecule has 0 saturated carbocycles. The van der Waals surface area contributed by atoms with Gasteiger partial charge in [0.05, 0.1) is 6.61 Å². The molecule has 8 heteroatoms. The van der Waals surface area contributed by atoms with Crippen LogP contribution in [0.2, 0.25) is 0 Å². The first-order valence-corrected chi connectivity index (χ1v) is 4.17. The topological polar surface area (TPSA) is 137 Å². The first-order chi connectivity index (χ1) is 6.97. The Morgan fingerprint density at radius 2 is 1.80 bits per heavy atom. The summed E-state index contributed by atoms with van der Waals surface area (Å²) in [6.07, 6.45) is -9.36. The molecule has 1 fully saturated rings. The van der Waals surface area contributed by atoms with Crippen LogP contribution in [0.3, 0.4) is 0 Å². The number of carbonyl (C=O) groups is 1. The van der Waals surface area contributed by atoms with Crippen LogP contribution in [0.25, 0.3) is 0 Å². The fourth-order valence-electron chi connectivity index (χ4n) is 1.26. The van der Waals surface area contributed by atoms with Crippen molar-refractivity contribution in [3.63, 3.8) is 0 Å². The Labute approximate surface area is 84.3 Å². The predicted molar refractivity (Wildman–Crippen MR) is 42.9 cm³/mol. The van der Waals surface area contributed by atoms with Crippen molar-refractivity contribution in [2.45, 2.75) is 30.7 Å². The Bertz CT molecular complexity index is 229. The number of rotatable bonds is 2. The van der Waals surface area contributed by atoms with E-state index in [0.29, 0.717) is 0 Å². The largest absolute Gasteiger partial charge is 0.508 e. The molecule has 0 aromatic rings. The van der Waals surface area contributed by atoms with Crippen LogP contribution in [-0.4, -0.2) is 69.0 Å². The molecule has 8 nitrogen and oxygen atoms in total. The maximum Gasteiger partial charge on any atom is 0.508 e. The number of hydrogen-bond acceptors (Lipinski definition) is 7. The third-order valence-corrected chi connectivity index (χ3v) is 2.07. The van der Waals surface area contributed by atoms with Gasteiger partial charge in [0.2, 0.25) is 6.29 Å². The molecular weight excluding hydrogens is 212 g/mol. The van der Waals surface area contributed by atoms with E-state index in [0.717, 1.165) is 0 Å². The summed E-state index contributed by atoms with van der Waals surface area (Å²) in [6, 6.07) is 0. The summed E-state index contributed by atoms with van der Waals surface area (Å²) in [5.41, 5.74) is 0. The van der Waals surface area contributed by atoms with Gasteiger partial charge in [-0.15, -0.1) is 0 Å². The average Bonchev–Trinajstić information content (AvgIpc) is 2.18. The Morgan fingerprint density at radius 3 is 2.27 bits per heavy atom. The molecule has 5 N–H and O–H groups in total. The Morgan fingerprint density at radius 1 is 1.20 bits per heavy atom. The number of ether oxygens (including phenoxy) is 2. The van der Waals surface area contributed by atoms with Gasteiger partial charge in [-0.05, 0) is 0 Å². The molecule has 0 unspecified atom stereocenters. The van der Waals surface area contributed by atoms with E-state index in [1.165, 1.54) is 0 Å². The third kappa shape index (κ3) is 2.55. The van der Waals surface area contributed by atoms with Crippen molar-refractivity contribution < 1.29 is 39.8 Å². The molecule has 1 aliphatic heterocycles. The summed E-state index contributed by atoms with van der Waals surface area (Å²) in [5.74, 6) is 0. The molecule has 0 bridgehead atoms. The van der Waals surface area contributed by atoms with Crippen LogP contribution < -0.4 is 0 Å². The van der Waals surface area contributed by atoms with Gasteiger partial charge in [0.25, 0.3) is 0 Å². The lowest BCUT2D eigenvalue weighted by Crippen LogP contribution is -2.59. The van der Waals surface area contributed by atoms with Crippen LogP contribution in [-0.2, 0) is 9.47 Å². The summed E-state index contributed by atoms with van der Waals surface area (Å²) in [7, 11) is 0. The Kier molecular flexibility index (Phi) is 3.83. The van der Waals surface area contributed by atoms with Gasteiger partial charge in [-0.1, -0.05) is 0 Å². The van der Waals surface area contributed by atoms with Gasteiger partial charge >= 0.3 is 6.16 Å². The fraction of sp³-hybridized carbons (Fsp3) is 0.857. The van der Waals surface area contributed by atoms with Crippen molar-refractivity contribution in [3.05, 3.63) is 0 Å². The van der Waals surface area contributed by atoms with Gasteiger partial charge in [0, 0.05) is 0 Å². The highest BCUT2D eigenvalue weighted by Gasteiger charge is 2.45. The lowest BCUT2D eigenvalue weighted by atomic mass is 9.99. The van der Waals surface area contributed by atoms with E-state index in [4.69, 9.17) is 14.9 Å². The van der Waals surface area contributed by atoms with Crippen LogP contribution >= 0.6 is 0 Å². The van der Waals surface area contributed by atoms with Gasteiger partial charge in [0.15, 0.2) is 0 Å². The van der Waals surface area contributed by atoms with Gasteiger partial charge in [-0.25, -0.2) is 4.79 Å². The molecule has 1 aliphatic rings. The smallest absolute Gasteiger partial charge is 0.450 e. The minimum atomic E-state index is -1.70. The van der Waals surface area contributed by atoms with Crippen molar-refractivity contribution in [2.24, 2.45) is 0 Å². The van der Waals surface area contributed by atoms with E-state index in [1.807, 2.05) is 0 Å². The first kappa shape index (κ1) is 12.1. The van der Waals surface area contributed by atoms with E-state index in [-0.39, 0.29) is 0 Å². The van der Waals surface area contributed by atoms with E-state index < -0.39 is 43.5 Å². The summed E-state index contributed by atoms with van der Waals surface area (Å²) in [5, 5.41) is 44.8. The SMILES string of the molecule is O=C(O)O[C@@H]1O[C@H](CO)[C@H](O)[C@H](O)[C@H]1O. The number of carboxylic acid groups (broad SMARTS) is 1. The second-order valence-electron chi connectivity index (χ2n) is 3.08. The molecule has 0 aromatic heterocycles. The van der Waals surface area contributed by atoms with E-state index >= 15 is 0 Å². The lowest BCUT2D eigenvalue weighted by Gasteiger charge is -2.38. The Balaban J connectivity index is 2.69. The highest BCUT2D eigenvalue weighted by atomic mass is 16.8. The van der Waals surface area contributed by atoms with Gasteiger partial charge in [0.1, 0.15) is 24.4 Å². The maximum absolute atomic E-state index is 10.2. The lowest BCUT2D eigenvalue weighted by molar-refractivity contribution is -0.287. The molecule has 1 heterocycles. The minimum absolute atomic E-state index is 0.634. The van der Waals surface area contributed by atoms with Crippen molar-refractivity contribution in [1.82, 2.24) is 0 Å². The second kappa shape index (κ2) is 4.73. The molecule has 0 spiro atoms. The third-order valence-electron chi connectivity index (χ3n) is 2.07. The first-order valence-electron chi connectivity index (χ1n) is 4.17. The highest BCUT2D eigenvalue weighted by Crippen LogP contribution is 2.21. The van der Waals surface area contributed by atoms with E-state index in [1.54, 1.807) is 0 Å². The summed E-state index contributed by atoms with van der Waals surface area (Å²) in [6.45, 7) is -0.634. The van der Waals surface area contributed by atoms with Gasteiger partial charge in [-0.2, -0.15) is 0 Å². The highest BCUT2D eigenvalue weighted by molar-refractivity contribution is 5.57. The maximum atomic E-state index is 10.2. The van der Waals surface area contributed by atoms with Crippen LogP contribution in [0, 0.1) is 0 Å². The van der Waals surface area contributed by atoms with Crippen molar-refractivity contribution >= 4 is 6.16 Å².